The molecule has 0 aliphatic carbocycles. The van der Waals surface area contributed by atoms with Crippen molar-refractivity contribution in [2.24, 2.45) is 11.7 Å². The molecule has 184 valence electrons. The largest absolute Gasteiger partial charge is 0.481 e. The number of hydrogen-bond acceptors (Lipinski definition) is 7. The second-order valence-corrected chi connectivity index (χ2v) is 8.14. The van der Waals surface area contributed by atoms with Gasteiger partial charge >= 0.3 is 11.9 Å². The predicted octanol–water partition coefficient (Wildman–Crippen LogP) is -1.25. The number of H-pyrrole nitrogens is 1. The fraction of sp³-hybridized carbons (Fsp3) is 0.600. The second kappa shape index (κ2) is 13.2. The van der Waals surface area contributed by atoms with E-state index in [0.717, 1.165) is 0 Å². The summed E-state index contributed by atoms with van der Waals surface area (Å²) in [6.45, 7) is 4.96. The lowest BCUT2D eigenvalue weighted by Crippen LogP contribution is -2.57. The van der Waals surface area contributed by atoms with Crippen LogP contribution in [0.5, 0.6) is 0 Å². The molecular weight excluding hydrogens is 436 g/mol. The van der Waals surface area contributed by atoms with Gasteiger partial charge in [0.05, 0.1) is 12.4 Å². The van der Waals surface area contributed by atoms with Crippen LogP contribution in [-0.4, -0.2) is 74.0 Å². The number of imidazole rings is 1. The minimum Gasteiger partial charge on any atom is -0.481 e. The number of nitrogens with zero attached hydrogens (tertiary/aromatic N) is 1. The SMILES string of the molecule is CC(C)CC(NC(=O)C(Cc1cnc[nH]1)NC(=O)C(N)CCC(=O)O)C(=O)NC(C)C(=O)O. The van der Waals surface area contributed by atoms with Gasteiger partial charge in [0.2, 0.25) is 17.7 Å². The lowest BCUT2D eigenvalue weighted by atomic mass is 10.0. The molecule has 0 bridgehead atoms. The van der Waals surface area contributed by atoms with Crippen LogP contribution in [-0.2, 0) is 30.4 Å². The first-order valence-electron chi connectivity index (χ1n) is 10.5. The van der Waals surface area contributed by atoms with Crippen molar-refractivity contribution in [2.45, 2.75) is 70.6 Å². The van der Waals surface area contributed by atoms with Gasteiger partial charge in [-0.1, -0.05) is 13.8 Å². The summed E-state index contributed by atoms with van der Waals surface area (Å²) in [7, 11) is 0. The molecule has 0 aromatic carbocycles. The van der Waals surface area contributed by atoms with Crippen LogP contribution in [0.15, 0.2) is 12.5 Å². The number of nitrogens with one attached hydrogen (secondary N) is 4. The van der Waals surface area contributed by atoms with E-state index in [4.69, 9.17) is 15.9 Å². The molecule has 33 heavy (non-hydrogen) atoms. The van der Waals surface area contributed by atoms with Gasteiger partial charge in [-0.2, -0.15) is 0 Å². The van der Waals surface area contributed by atoms with Gasteiger partial charge in [0.15, 0.2) is 0 Å². The maximum Gasteiger partial charge on any atom is 0.325 e. The van der Waals surface area contributed by atoms with E-state index < -0.39 is 53.8 Å². The lowest BCUT2D eigenvalue weighted by molar-refractivity contribution is -0.142. The van der Waals surface area contributed by atoms with Gasteiger partial charge in [0, 0.05) is 24.7 Å². The Kier molecular flexibility index (Phi) is 11.0. The molecular formula is C20H32N6O7. The standard InChI is InChI=1S/C20H32N6O7/c1-10(2)6-14(18(30)24-11(3)20(32)33)26-19(31)15(7-12-8-22-9-23-12)25-17(29)13(21)4-5-16(27)28/h8-11,13-15H,4-7,21H2,1-3H3,(H,22,23)(H,24,30)(H,25,29)(H,26,31)(H,27,28)(H,32,33). The van der Waals surface area contributed by atoms with E-state index in [9.17, 15) is 24.0 Å². The van der Waals surface area contributed by atoms with E-state index in [2.05, 4.69) is 25.9 Å². The minimum absolute atomic E-state index is 0.00473. The number of aliphatic carboxylic acids is 2. The predicted molar refractivity (Wildman–Crippen MR) is 116 cm³/mol. The number of carbonyl (C=O) groups excluding carboxylic acids is 3. The molecule has 0 spiro atoms. The molecule has 4 atom stereocenters. The number of aromatic nitrogens is 2. The molecule has 0 saturated carbocycles. The third-order valence-corrected chi connectivity index (χ3v) is 4.69. The molecule has 1 aromatic heterocycles. The minimum atomic E-state index is -1.22. The Morgan fingerprint density at radius 2 is 1.61 bits per heavy atom. The first kappa shape index (κ1) is 27.6. The van der Waals surface area contributed by atoms with Crippen LogP contribution in [0.4, 0.5) is 0 Å². The van der Waals surface area contributed by atoms with Gasteiger partial charge in [-0.15, -0.1) is 0 Å². The molecule has 1 heterocycles. The number of hydrogen-bond donors (Lipinski definition) is 7. The van der Waals surface area contributed by atoms with Crippen LogP contribution in [0.3, 0.4) is 0 Å². The van der Waals surface area contributed by atoms with E-state index in [1.165, 1.54) is 19.4 Å². The fourth-order valence-electron chi connectivity index (χ4n) is 2.87. The summed E-state index contributed by atoms with van der Waals surface area (Å²) in [5.74, 6) is -4.42. The van der Waals surface area contributed by atoms with Crippen molar-refractivity contribution in [3.8, 4) is 0 Å². The topological polar surface area (TPSA) is 217 Å². The van der Waals surface area contributed by atoms with Crippen LogP contribution in [0, 0.1) is 5.92 Å². The molecule has 13 nitrogen and oxygen atoms in total. The monoisotopic (exact) mass is 468 g/mol. The van der Waals surface area contributed by atoms with Crippen LogP contribution in [0.25, 0.3) is 0 Å². The zero-order valence-electron chi connectivity index (χ0n) is 18.8. The Balaban J connectivity index is 2.98. The lowest BCUT2D eigenvalue weighted by Gasteiger charge is -2.25. The molecule has 0 aliphatic heterocycles. The number of amides is 3. The van der Waals surface area contributed by atoms with Crippen LogP contribution in [0.2, 0.25) is 0 Å². The molecule has 0 radical (unpaired) electrons. The Hall–Kier alpha value is -3.48. The van der Waals surface area contributed by atoms with E-state index >= 15 is 0 Å². The summed E-state index contributed by atoms with van der Waals surface area (Å²) < 4.78 is 0. The van der Waals surface area contributed by atoms with E-state index in [1.807, 2.05) is 13.8 Å². The van der Waals surface area contributed by atoms with Gasteiger partial charge < -0.3 is 36.9 Å². The fourth-order valence-corrected chi connectivity index (χ4v) is 2.87. The van der Waals surface area contributed by atoms with Crippen molar-refractivity contribution in [1.82, 2.24) is 25.9 Å². The van der Waals surface area contributed by atoms with E-state index in [0.29, 0.717) is 5.69 Å². The maximum absolute atomic E-state index is 13.0. The first-order valence-corrected chi connectivity index (χ1v) is 10.5. The average Bonchev–Trinajstić information content (AvgIpc) is 3.23. The summed E-state index contributed by atoms with van der Waals surface area (Å²) in [5.41, 5.74) is 6.27. The zero-order valence-corrected chi connectivity index (χ0v) is 18.8. The van der Waals surface area contributed by atoms with Crippen molar-refractivity contribution < 1.29 is 34.2 Å². The highest BCUT2D eigenvalue weighted by molar-refractivity contribution is 5.94. The highest BCUT2D eigenvalue weighted by Gasteiger charge is 2.30. The van der Waals surface area contributed by atoms with Crippen molar-refractivity contribution in [1.29, 1.82) is 0 Å². The van der Waals surface area contributed by atoms with E-state index in [-0.39, 0.29) is 31.6 Å². The van der Waals surface area contributed by atoms with Crippen molar-refractivity contribution >= 4 is 29.7 Å². The van der Waals surface area contributed by atoms with Gasteiger partial charge in [-0.05, 0) is 25.7 Å². The van der Waals surface area contributed by atoms with Crippen molar-refractivity contribution in [3.05, 3.63) is 18.2 Å². The molecule has 1 rings (SSSR count). The van der Waals surface area contributed by atoms with Crippen LogP contribution in [0.1, 0.15) is 45.7 Å². The van der Waals surface area contributed by atoms with Gasteiger partial charge in [0.25, 0.3) is 0 Å². The van der Waals surface area contributed by atoms with E-state index in [1.54, 1.807) is 0 Å². The summed E-state index contributed by atoms with van der Waals surface area (Å²) >= 11 is 0. The maximum atomic E-state index is 13.0. The number of rotatable bonds is 14. The molecule has 8 N–H and O–H groups in total. The normalized spacial score (nSPS) is 14.6. The van der Waals surface area contributed by atoms with Crippen molar-refractivity contribution in [2.75, 3.05) is 0 Å². The molecule has 1 aromatic rings. The molecule has 0 saturated heterocycles. The number of carboxylic acid groups (broad SMARTS) is 2. The highest BCUT2D eigenvalue weighted by atomic mass is 16.4. The second-order valence-electron chi connectivity index (χ2n) is 8.14. The third-order valence-electron chi connectivity index (χ3n) is 4.69. The Labute approximate surface area is 190 Å². The smallest absolute Gasteiger partial charge is 0.325 e. The summed E-state index contributed by atoms with van der Waals surface area (Å²) in [6.07, 6.45) is 2.66. The molecule has 0 fully saturated rings. The van der Waals surface area contributed by atoms with Crippen molar-refractivity contribution in [3.63, 3.8) is 0 Å². The van der Waals surface area contributed by atoms with Gasteiger partial charge in [0.1, 0.15) is 18.1 Å². The summed E-state index contributed by atoms with van der Waals surface area (Å²) in [6, 6.07) is -4.49. The van der Waals surface area contributed by atoms with Crippen LogP contribution >= 0.6 is 0 Å². The zero-order chi connectivity index (χ0) is 25.1. The Morgan fingerprint density at radius 3 is 2.12 bits per heavy atom. The molecule has 4 unspecified atom stereocenters. The summed E-state index contributed by atoms with van der Waals surface area (Å²) in [4.78, 5) is 66.5. The number of carboxylic acids is 2. The number of nitrogens with two attached hydrogens (primary N) is 1. The van der Waals surface area contributed by atoms with Gasteiger partial charge in [-0.25, -0.2) is 4.98 Å². The number of carbonyl (C=O) groups is 5. The number of aromatic amines is 1. The first-order chi connectivity index (χ1) is 15.4. The Bertz CT molecular complexity index is 827. The van der Waals surface area contributed by atoms with Crippen LogP contribution < -0.4 is 21.7 Å². The molecule has 3 amide bonds. The Morgan fingerprint density at radius 1 is 1.00 bits per heavy atom. The average molecular weight is 469 g/mol. The van der Waals surface area contributed by atoms with Gasteiger partial charge in [-0.3, -0.25) is 24.0 Å². The third kappa shape index (κ3) is 10.1. The molecule has 13 heteroatoms. The summed E-state index contributed by atoms with van der Waals surface area (Å²) in [5, 5.41) is 25.2. The highest BCUT2D eigenvalue weighted by Crippen LogP contribution is 2.08. The molecule has 0 aliphatic rings. The quantitative estimate of drug-likeness (QED) is 0.173.